The number of nitrogens with one attached hydrogen (secondary N) is 1. The summed E-state index contributed by atoms with van der Waals surface area (Å²) in [6, 6.07) is 6.32. The van der Waals surface area contributed by atoms with Crippen molar-refractivity contribution in [3.63, 3.8) is 0 Å². The van der Waals surface area contributed by atoms with Gasteiger partial charge in [0.2, 0.25) is 5.91 Å². The van der Waals surface area contributed by atoms with Crippen molar-refractivity contribution in [3.05, 3.63) is 29.3 Å². The van der Waals surface area contributed by atoms with E-state index >= 15 is 0 Å². The zero-order valence-corrected chi connectivity index (χ0v) is 12.5. The molecule has 1 atom stereocenters. The molecule has 110 valence electrons. The molecule has 0 saturated carbocycles. The summed E-state index contributed by atoms with van der Waals surface area (Å²) >= 11 is 0. The molecule has 2 rings (SSSR count). The maximum Gasteiger partial charge on any atom is 0.219 e. The molecule has 0 aliphatic carbocycles. The van der Waals surface area contributed by atoms with Crippen molar-refractivity contribution < 1.29 is 9.90 Å². The first-order valence-corrected chi connectivity index (χ1v) is 7.28. The Morgan fingerprint density at radius 1 is 1.40 bits per heavy atom. The van der Waals surface area contributed by atoms with E-state index < -0.39 is 0 Å². The zero-order chi connectivity index (χ0) is 14.7. The summed E-state index contributed by atoms with van der Waals surface area (Å²) in [5.74, 6) is 0.513. The molecule has 1 saturated heterocycles. The van der Waals surface area contributed by atoms with Gasteiger partial charge in [-0.3, -0.25) is 4.79 Å². The van der Waals surface area contributed by atoms with Crippen molar-refractivity contribution in [2.24, 2.45) is 0 Å². The number of phenolic OH excluding ortho intramolecular Hbond substituents is 1. The van der Waals surface area contributed by atoms with E-state index in [4.69, 9.17) is 0 Å². The largest absolute Gasteiger partial charge is 0.508 e. The molecule has 2 N–H and O–H groups in total. The molecule has 1 amide bonds. The second-order valence-electron chi connectivity index (χ2n) is 5.73. The molecular formula is C16H24N2O2. The van der Waals surface area contributed by atoms with Gasteiger partial charge in [-0.2, -0.15) is 0 Å². The second-order valence-corrected chi connectivity index (χ2v) is 5.73. The van der Waals surface area contributed by atoms with Gasteiger partial charge in [0, 0.05) is 37.7 Å². The number of rotatable bonds is 3. The van der Waals surface area contributed by atoms with Crippen molar-refractivity contribution >= 4 is 5.91 Å². The lowest BCUT2D eigenvalue weighted by atomic mass is 10.0. The van der Waals surface area contributed by atoms with Crippen LogP contribution < -0.4 is 5.32 Å². The third-order valence-electron chi connectivity index (χ3n) is 4.08. The Kier molecular flexibility index (Phi) is 4.65. The summed E-state index contributed by atoms with van der Waals surface area (Å²) in [5, 5.41) is 13.6. The Bertz CT molecular complexity index is 479. The summed E-state index contributed by atoms with van der Waals surface area (Å²) < 4.78 is 0. The standard InChI is InChI=1S/C16H24N2O2/c1-11-4-5-15(16(20)10-11)12(2)17-14-6-8-18(9-7-14)13(3)19/h4-5,10,12,14,17,20H,6-9H2,1-3H3. The molecule has 20 heavy (non-hydrogen) atoms. The van der Waals surface area contributed by atoms with Crippen molar-refractivity contribution in [1.29, 1.82) is 0 Å². The van der Waals surface area contributed by atoms with Gasteiger partial charge in [-0.15, -0.1) is 0 Å². The predicted molar refractivity (Wildman–Crippen MR) is 79.7 cm³/mol. The Hall–Kier alpha value is -1.55. The Morgan fingerprint density at radius 2 is 2.05 bits per heavy atom. The molecule has 1 unspecified atom stereocenters. The van der Waals surface area contributed by atoms with Gasteiger partial charge in [0.1, 0.15) is 5.75 Å². The molecule has 0 bridgehead atoms. The predicted octanol–water partition coefficient (Wildman–Crippen LogP) is 2.36. The van der Waals surface area contributed by atoms with E-state index in [9.17, 15) is 9.90 Å². The van der Waals surface area contributed by atoms with Crippen LogP contribution in [-0.4, -0.2) is 35.0 Å². The molecule has 1 fully saturated rings. The normalized spacial score (nSPS) is 18.1. The Morgan fingerprint density at radius 3 is 2.60 bits per heavy atom. The van der Waals surface area contributed by atoms with Gasteiger partial charge in [-0.1, -0.05) is 12.1 Å². The van der Waals surface area contributed by atoms with Crippen LogP contribution in [0.1, 0.15) is 43.9 Å². The number of nitrogens with zero attached hydrogens (tertiary/aromatic N) is 1. The summed E-state index contributed by atoms with van der Waals surface area (Å²) in [6.45, 7) is 7.31. The molecule has 1 aliphatic heterocycles. The molecule has 1 heterocycles. The summed E-state index contributed by atoms with van der Waals surface area (Å²) in [6.07, 6.45) is 1.94. The number of phenols is 1. The van der Waals surface area contributed by atoms with Crippen LogP contribution >= 0.6 is 0 Å². The van der Waals surface area contributed by atoms with Crippen molar-refractivity contribution in [1.82, 2.24) is 10.2 Å². The van der Waals surface area contributed by atoms with Gasteiger partial charge in [0.15, 0.2) is 0 Å². The molecular weight excluding hydrogens is 252 g/mol. The molecule has 4 heteroatoms. The lowest BCUT2D eigenvalue weighted by Gasteiger charge is -2.33. The fourth-order valence-corrected chi connectivity index (χ4v) is 2.82. The third kappa shape index (κ3) is 3.51. The number of likely N-dealkylation sites (tertiary alicyclic amines) is 1. The highest BCUT2D eigenvalue weighted by atomic mass is 16.3. The van der Waals surface area contributed by atoms with Gasteiger partial charge in [0.05, 0.1) is 0 Å². The summed E-state index contributed by atoms with van der Waals surface area (Å²) in [4.78, 5) is 13.2. The molecule has 4 nitrogen and oxygen atoms in total. The lowest BCUT2D eigenvalue weighted by molar-refractivity contribution is -0.129. The van der Waals surface area contributed by atoms with E-state index in [1.807, 2.05) is 24.0 Å². The number of piperidine rings is 1. The molecule has 0 radical (unpaired) electrons. The minimum atomic E-state index is 0.115. The summed E-state index contributed by atoms with van der Waals surface area (Å²) in [7, 11) is 0. The van der Waals surface area contributed by atoms with E-state index in [2.05, 4.69) is 12.2 Å². The number of carbonyl (C=O) groups excluding carboxylic acids is 1. The number of amides is 1. The van der Waals surface area contributed by atoms with Crippen LogP contribution in [0.5, 0.6) is 5.75 Å². The third-order valence-corrected chi connectivity index (χ3v) is 4.08. The highest BCUT2D eigenvalue weighted by molar-refractivity contribution is 5.73. The second kappa shape index (κ2) is 6.27. The number of aromatic hydroxyl groups is 1. The molecule has 1 aromatic rings. The van der Waals surface area contributed by atoms with E-state index in [1.54, 1.807) is 13.0 Å². The fraction of sp³-hybridized carbons (Fsp3) is 0.562. The number of benzene rings is 1. The van der Waals surface area contributed by atoms with E-state index in [-0.39, 0.29) is 11.9 Å². The maximum atomic E-state index is 11.3. The molecule has 0 aromatic heterocycles. The highest BCUT2D eigenvalue weighted by Crippen LogP contribution is 2.26. The highest BCUT2D eigenvalue weighted by Gasteiger charge is 2.22. The molecule has 0 spiro atoms. The first-order valence-electron chi connectivity index (χ1n) is 7.28. The van der Waals surface area contributed by atoms with Crippen LogP contribution in [0, 0.1) is 6.92 Å². The Labute approximate surface area is 120 Å². The quantitative estimate of drug-likeness (QED) is 0.891. The Balaban J connectivity index is 1.92. The number of aryl methyl sites for hydroxylation is 1. The van der Waals surface area contributed by atoms with Crippen LogP contribution in [0.3, 0.4) is 0 Å². The van der Waals surface area contributed by atoms with Gasteiger partial charge in [-0.05, 0) is 38.3 Å². The van der Waals surface area contributed by atoms with Crippen LogP contribution in [-0.2, 0) is 4.79 Å². The molecule has 1 aliphatic rings. The number of hydrogen-bond donors (Lipinski definition) is 2. The van der Waals surface area contributed by atoms with Crippen molar-refractivity contribution in [2.45, 2.75) is 45.7 Å². The monoisotopic (exact) mass is 276 g/mol. The number of hydrogen-bond acceptors (Lipinski definition) is 3. The topological polar surface area (TPSA) is 52.6 Å². The van der Waals surface area contributed by atoms with Gasteiger partial charge in [0.25, 0.3) is 0 Å². The van der Waals surface area contributed by atoms with Gasteiger partial charge >= 0.3 is 0 Å². The zero-order valence-electron chi connectivity index (χ0n) is 12.5. The van der Waals surface area contributed by atoms with Crippen molar-refractivity contribution in [2.75, 3.05) is 13.1 Å². The van der Waals surface area contributed by atoms with Gasteiger partial charge in [-0.25, -0.2) is 0 Å². The van der Waals surface area contributed by atoms with Crippen LogP contribution in [0.4, 0.5) is 0 Å². The SMILES string of the molecule is CC(=O)N1CCC(NC(C)c2ccc(C)cc2O)CC1. The molecule has 1 aromatic carbocycles. The smallest absolute Gasteiger partial charge is 0.219 e. The maximum absolute atomic E-state index is 11.3. The number of carbonyl (C=O) groups is 1. The first-order chi connectivity index (χ1) is 9.47. The van der Waals surface area contributed by atoms with E-state index in [1.165, 1.54) is 0 Å². The minimum Gasteiger partial charge on any atom is -0.508 e. The van der Waals surface area contributed by atoms with Crippen LogP contribution in [0.25, 0.3) is 0 Å². The fourth-order valence-electron chi connectivity index (χ4n) is 2.82. The first kappa shape index (κ1) is 14.9. The minimum absolute atomic E-state index is 0.115. The lowest BCUT2D eigenvalue weighted by Crippen LogP contribution is -2.44. The van der Waals surface area contributed by atoms with Crippen molar-refractivity contribution in [3.8, 4) is 5.75 Å². The van der Waals surface area contributed by atoms with Crippen LogP contribution in [0.15, 0.2) is 18.2 Å². The van der Waals surface area contributed by atoms with Gasteiger partial charge < -0.3 is 15.3 Å². The summed E-state index contributed by atoms with van der Waals surface area (Å²) in [5.41, 5.74) is 2.00. The van der Waals surface area contributed by atoms with E-state index in [0.717, 1.165) is 37.1 Å². The van der Waals surface area contributed by atoms with Crippen LogP contribution in [0.2, 0.25) is 0 Å². The average Bonchev–Trinajstić information content (AvgIpc) is 2.39. The van der Waals surface area contributed by atoms with E-state index in [0.29, 0.717) is 11.8 Å². The average molecular weight is 276 g/mol.